The predicted molar refractivity (Wildman–Crippen MR) is 79.9 cm³/mol. The monoisotopic (exact) mass is 287 g/mol. The van der Waals surface area contributed by atoms with E-state index in [4.69, 9.17) is 0 Å². The van der Waals surface area contributed by atoms with E-state index in [2.05, 4.69) is 6.92 Å². The molecule has 0 bridgehead atoms. The van der Waals surface area contributed by atoms with Gasteiger partial charge in [-0.05, 0) is 42.8 Å². The zero-order valence-corrected chi connectivity index (χ0v) is 11.9. The molecule has 0 amide bonds. The van der Waals surface area contributed by atoms with Crippen LogP contribution in [-0.4, -0.2) is 10.4 Å². The van der Waals surface area contributed by atoms with E-state index in [1.165, 1.54) is 17.0 Å². The lowest BCUT2D eigenvalue weighted by Gasteiger charge is -2.03. The van der Waals surface area contributed by atoms with E-state index >= 15 is 0 Å². The minimum atomic E-state index is -0.257. The van der Waals surface area contributed by atoms with Crippen LogP contribution >= 0.6 is 11.3 Å². The van der Waals surface area contributed by atoms with Gasteiger partial charge in [0.15, 0.2) is 5.78 Å². The van der Waals surface area contributed by atoms with Gasteiger partial charge in [0.05, 0.1) is 11.4 Å². The molecule has 2 nitrogen and oxygen atoms in total. The fourth-order valence-corrected chi connectivity index (χ4v) is 3.14. The van der Waals surface area contributed by atoms with Crippen molar-refractivity contribution < 1.29 is 9.18 Å². The normalized spacial score (nSPS) is 11.1. The van der Waals surface area contributed by atoms with Crippen LogP contribution in [0, 0.1) is 5.82 Å². The molecule has 4 heteroatoms. The molecule has 0 atom stereocenters. The first kappa shape index (κ1) is 13.1. The highest BCUT2D eigenvalue weighted by molar-refractivity contribution is 7.14. The summed E-state index contributed by atoms with van der Waals surface area (Å²) in [6, 6.07) is 10.3. The van der Waals surface area contributed by atoms with Gasteiger partial charge in [-0.15, -0.1) is 11.3 Å². The van der Waals surface area contributed by atoms with Gasteiger partial charge in [-0.1, -0.05) is 6.92 Å². The SMILES string of the molecule is CCc1ccc(C(=O)Cn2ccc3cc(F)ccc32)s1. The molecule has 0 N–H and O–H groups in total. The molecule has 0 saturated carbocycles. The Kier molecular flexibility index (Phi) is 3.40. The van der Waals surface area contributed by atoms with Gasteiger partial charge in [-0.25, -0.2) is 4.39 Å². The van der Waals surface area contributed by atoms with E-state index in [0.717, 1.165) is 22.2 Å². The molecule has 0 radical (unpaired) electrons. The number of carbonyl (C=O) groups is 1. The van der Waals surface area contributed by atoms with Crippen molar-refractivity contribution in [3.63, 3.8) is 0 Å². The lowest BCUT2D eigenvalue weighted by atomic mass is 10.2. The third-order valence-electron chi connectivity index (χ3n) is 3.33. The number of fused-ring (bicyclic) bond motifs is 1. The van der Waals surface area contributed by atoms with Gasteiger partial charge in [0.25, 0.3) is 0 Å². The lowest BCUT2D eigenvalue weighted by molar-refractivity contribution is 0.0977. The summed E-state index contributed by atoms with van der Waals surface area (Å²) >= 11 is 1.55. The van der Waals surface area contributed by atoms with Crippen LogP contribution in [0.1, 0.15) is 21.5 Å². The van der Waals surface area contributed by atoms with Crippen LogP contribution in [0.4, 0.5) is 4.39 Å². The summed E-state index contributed by atoms with van der Waals surface area (Å²) < 4.78 is 15.0. The fraction of sp³-hybridized carbons (Fsp3) is 0.188. The van der Waals surface area contributed by atoms with E-state index < -0.39 is 0 Å². The van der Waals surface area contributed by atoms with Gasteiger partial charge in [-0.2, -0.15) is 0 Å². The number of carbonyl (C=O) groups excluding carboxylic acids is 1. The predicted octanol–water partition coefficient (Wildman–Crippen LogP) is 4.29. The molecule has 20 heavy (non-hydrogen) atoms. The number of nitrogens with zero attached hydrogens (tertiary/aromatic N) is 1. The topological polar surface area (TPSA) is 22.0 Å². The third-order valence-corrected chi connectivity index (χ3v) is 4.60. The Bertz CT molecular complexity index is 772. The summed E-state index contributed by atoms with van der Waals surface area (Å²) in [6.07, 6.45) is 2.78. The molecular formula is C16H14FNOS. The van der Waals surface area contributed by atoms with E-state index in [1.807, 2.05) is 29.0 Å². The van der Waals surface area contributed by atoms with Crippen molar-refractivity contribution in [2.45, 2.75) is 19.9 Å². The molecule has 0 fully saturated rings. The van der Waals surface area contributed by atoms with Crippen LogP contribution in [0.2, 0.25) is 0 Å². The first-order valence-electron chi connectivity index (χ1n) is 6.53. The number of aromatic nitrogens is 1. The molecule has 102 valence electrons. The van der Waals surface area contributed by atoms with Crippen molar-refractivity contribution in [3.05, 3.63) is 58.2 Å². The maximum atomic E-state index is 13.1. The summed E-state index contributed by atoms with van der Waals surface area (Å²) in [5.74, 6) is -0.163. The maximum absolute atomic E-state index is 13.1. The fourth-order valence-electron chi connectivity index (χ4n) is 2.26. The number of ketones is 1. The highest BCUT2D eigenvalue weighted by Crippen LogP contribution is 2.21. The molecule has 3 rings (SSSR count). The van der Waals surface area contributed by atoms with Crippen LogP contribution < -0.4 is 0 Å². The number of hydrogen-bond donors (Lipinski definition) is 0. The third kappa shape index (κ3) is 2.39. The molecule has 0 aliphatic carbocycles. The Labute approximate surface area is 120 Å². The highest BCUT2D eigenvalue weighted by Gasteiger charge is 2.11. The second-order valence-electron chi connectivity index (χ2n) is 4.69. The van der Waals surface area contributed by atoms with Crippen molar-refractivity contribution in [1.82, 2.24) is 4.57 Å². The minimum absolute atomic E-state index is 0.0940. The number of thiophene rings is 1. The van der Waals surface area contributed by atoms with Gasteiger partial charge < -0.3 is 4.57 Å². The van der Waals surface area contributed by atoms with Crippen molar-refractivity contribution in [3.8, 4) is 0 Å². The number of Topliss-reactive ketones (excluding diaryl/α,β-unsaturated/α-hetero) is 1. The Morgan fingerprint density at radius 3 is 2.85 bits per heavy atom. The molecule has 3 aromatic rings. The minimum Gasteiger partial charge on any atom is -0.340 e. The molecule has 0 aliphatic heterocycles. The van der Waals surface area contributed by atoms with Crippen LogP contribution in [0.15, 0.2) is 42.6 Å². The number of halogens is 1. The van der Waals surface area contributed by atoms with Crippen molar-refractivity contribution in [2.75, 3.05) is 0 Å². The molecule has 2 aromatic heterocycles. The number of aryl methyl sites for hydroxylation is 1. The van der Waals surface area contributed by atoms with Crippen LogP contribution in [0.5, 0.6) is 0 Å². The summed E-state index contributed by atoms with van der Waals surface area (Å²) in [5, 5.41) is 0.818. The van der Waals surface area contributed by atoms with Gasteiger partial charge in [0.2, 0.25) is 0 Å². The van der Waals surface area contributed by atoms with Gasteiger partial charge in [-0.3, -0.25) is 4.79 Å². The molecule has 1 aromatic carbocycles. The molecule has 0 aliphatic rings. The van der Waals surface area contributed by atoms with Crippen LogP contribution in [-0.2, 0) is 13.0 Å². The highest BCUT2D eigenvalue weighted by atomic mass is 32.1. The summed E-state index contributed by atoms with van der Waals surface area (Å²) in [6.45, 7) is 2.37. The molecule has 0 unspecified atom stereocenters. The van der Waals surface area contributed by atoms with Crippen molar-refractivity contribution >= 4 is 28.0 Å². The van der Waals surface area contributed by atoms with E-state index in [-0.39, 0.29) is 11.6 Å². The van der Waals surface area contributed by atoms with E-state index in [0.29, 0.717) is 6.54 Å². The molecule has 2 heterocycles. The second kappa shape index (κ2) is 5.21. The zero-order valence-electron chi connectivity index (χ0n) is 11.1. The average molecular weight is 287 g/mol. The molecular weight excluding hydrogens is 273 g/mol. The first-order chi connectivity index (χ1) is 9.67. The largest absolute Gasteiger partial charge is 0.340 e. The smallest absolute Gasteiger partial charge is 0.192 e. The maximum Gasteiger partial charge on any atom is 0.192 e. The quantitative estimate of drug-likeness (QED) is 0.656. The molecule has 0 spiro atoms. The van der Waals surface area contributed by atoms with E-state index in [1.54, 1.807) is 17.4 Å². The first-order valence-corrected chi connectivity index (χ1v) is 7.35. The zero-order chi connectivity index (χ0) is 14.1. The van der Waals surface area contributed by atoms with Gasteiger partial charge >= 0.3 is 0 Å². The Morgan fingerprint density at radius 2 is 2.10 bits per heavy atom. The van der Waals surface area contributed by atoms with Crippen molar-refractivity contribution in [2.24, 2.45) is 0 Å². The van der Waals surface area contributed by atoms with Crippen LogP contribution in [0.3, 0.4) is 0 Å². The lowest BCUT2D eigenvalue weighted by Crippen LogP contribution is -2.07. The number of benzene rings is 1. The van der Waals surface area contributed by atoms with Gasteiger partial charge in [0, 0.05) is 22.0 Å². The summed E-state index contributed by atoms with van der Waals surface area (Å²) in [5.41, 5.74) is 0.882. The Morgan fingerprint density at radius 1 is 1.25 bits per heavy atom. The standard InChI is InChI=1S/C16H14FNOS/c1-2-13-4-6-16(20-13)15(19)10-18-8-7-11-9-12(17)3-5-14(11)18/h3-9H,2,10H2,1H3. The molecule has 0 saturated heterocycles. The van der Waals surface area contributed by atoms with Gasteiger partial charge in [0.1, 0.15) is 5.82 Å². The Balaban J connectivity index is 1.87. The summed E-state index contributed by atoms with van der Waals surface area (Å²) in [7, 11) is 0. The van der Waals surface area contributed by atoms with Crippen LogP contribution in [0.25, 0.3) is 10.9 Å². The number of hydrogen-bond acceptors (Lipinski definition) is 2. The Hall–Kier alpha value is -1.94. The summed E-state index contributed by atoms with van der Waals surface area (Å²) in [4.78, 5) is 14.3. The second-order valence-corrected chi connectivity index (χ2v) is 5.86. The van der Waals surface area contributed by atoms with Crippen molar-refractivity contribution in [1.29, 1.82) is 0 Å². The number of rotatable bonds is 4. The average Bonchev–Trinajstić information content (AvgIpc) is 3.05. The van der Waals surface area contributed by atoms with E-state index in [9.17, 15) is 9.18 Å².